The summed E-state index contributed by atoms with van der Waals surface area (Å²) in [4.78, 5) is 0. The van der Waals surface area contributed by atoms with Crippen molar-refractivity contribution in [3.05, 3.63) is 0 Å². The second-order valence-electron chi connectivity index (χ2n) is 5.46. The van der Waals surface area contributed by atoms with Crippen molar-refractivity contribution in [1.29, 1.82) is 0 Å². The first-order valence-corrected chi connectivity index (χ1v) is 8.45. The standard InChI is InChI=1S/C16H33NO4/c1-2-3-8-18-11-13-20-14-12-19-10-7-17-6-4-16-5-9-21-15-16/h16-17H,2-15H2,1H3. The van der Waals surface area contributed by atoms with Gasteiger partial charge in [0.15, 0.2) is 0 Å². The topological polar surface area (TPSA) is 49.0 Å². The molecule has 0 saturated carbocycles. The summed E-state index contributed by atoms with van der Waals surface area (Å²) in [5.74, 6) is 0.756. The zero-order valence-corrected chi connectivity index (χ0v) is 13.6. The van der Waals surface area contributed by atoms with Crippen LogP contribution in [-0.4, -0.2) is 65.9 Å². The van der Waals surface area contributed by atoms with E-state index in [-0.39, 0.29) is 0 Å². The summed E-state index contributed by atoms with van der Waals surface area (Å²) in [6.07, 6.45) is 4.74. The van der Waals surface area contributed by atoms with Crippen molar-refractivity contribution in [2.24, 2.45) is 5.92 Å². The highest BCUT2D eigenvalue weighted by Crippen LogP contribution is 2.14. The molecule has 5 heteroatoms. The van der Waals surface area contributed by atoms with Gasteiger partial charge in [-0.05, 0) is 31.7 Å². The van der Waals surface area contributed by atoms with E-state index < -0.39 is 0 Å². The molecule has 1 heterocycles. The molecular formula is C16H33NO4. The van der Waals surface area contributed by atoms with E-state index in [1.54, 1.807) is 0 Å². The summed E-state index contributed by atoms with van der Waals surface area (Å²) in [6.45, 7) is 10.3. The minimum absolute atomic E-state index is 0.649. The largest absolute Gasteiger partial charge is 0.381 e. The van der Waals surface area contributed by atoms with E-state index in [1.165, 1.54) is 19.3 Å². The molecule has 1 fully saturated rings. The summed E-state index contributed by atoms with van der Waals surface area (Å²) in [5.41, 5.74) is 0. The maximum absolute atomic E-state index is 5.50. The van der Waals surface area contributed by atoms with Gasteiger partial charge < -0.3 is 24.3 Å². The second-order valence-corrected chi connectivity index (χ2v) is 5.46. The van der Waals surface area contributed by atoms with Crippen LogP contribution in [0, 0.1) is 5.92 Å². The first-order valence-electron chi connectivity index (χ1n) is 8.45. The number of hydrogen-bond donors (Lipinski definition) is 1. The molecule has 1 aliphatic rings. The molecule has 0 spiro atoms. The number of hydrogen-bond acceptors (Lipinski definition) is 5. The van der Waals surface area contributed by atoms with E-state index in [0.717, 1.165) is 51.9 Å². The highest BCUT2D eigenvalue weighted by atomic mass is 16.5. The van der Waals surface area contributed by atoms with E-state index in [9.17, 15) is 0 Å². The molecule has 21 heavy (non-hydrogen) atoms. The molecule has 1 saturated heterocycles. The van der Waals surface area contributed by atoms with Crippen molar-refractivity contribution in [3.63, 3.8) is 0 Å². The molecular weight excluding hydrogens is 270 g/mol. The summed E-state index contributed by atoms with van der Waals surface area (Å²) in [7, 11) is 0. The van der Waals surface area contributed by atoms with Crippen LogP contribution >= 0.6 is 0 Å². The molecule has 0 radical (unpaired) electrons. The number of unbranched alkanes of at least 4 members (excludes halogenated alkanes) is 1. The van der Waals surface area contributed by atoms with E-state index >= 15 is 0 Å². The summed E-state index contributed by atoms with van der Waals surface area (Å²) >= 11 is 0. The number of ether oxygens (including phenoxy) is 4. The van der Waals surface area contributed by atoms with Gasteiger partial charge >= 0.3 is 0 Å². The van der Waals surface area contributed by atoms with Gasteiger partial charge in [0.1, 0.15) is 0 Å². The van der Waals surface area contributed by atoms with Crippen LogP contribution in [0.25, 0.3) is 0 Å². The third kappa shape index (κ3) is 12.1. The van der Waals surface area contributed by atoms with Crippen molar-refractivity contribution in [3.8, 4) is 0 Å². The molecule has 1 atom stereocenters. The third-order valence-corrected chi connectivity index (χ3v) is 3.56. The van der Waals surface area contributed by atoms with Gasteiger partial charge in [0.25, 0.3) is 0 Å². The van der Waals surface area contributed by atoms with Gasteiger partial charge in [-0.15, -0.1) is 0 Å². The highest BCUT2D eigenvalue weighted by Gasteiger charge is 2.14. The molecule has 126 valence electrons. The smallest absolute Gasteiger partial charge is 0.0701 e. The first kappa shape index (κ1) is 18.8. The predicted molar refractivity (Wildman–Crippen MR) is 83.8 cm³/mol. The lowest BCUT2D eigenvalue weighted by atomic mass is 10.1. The minimum atomic E-state index is 0.649. The molecule has 1 N–H and O–H groups in total. The van der Waals surface area contributed by atoms with Crippen molar-refractivity contribution in [2.75, 3.05) is 65.9 Å². The average Bonchev–Trinajstić information content (AvgIpc) is 3.01. The second kappa shape index (κ2) is 14.7. The van der Waals surface area contributed by atoms with Gasteiger partial charge in [-0.2, -0.15) is 0 Å². The monoisotopic (exact) mass is 303 g/mol. The fraction of sp³-hybridized carbons (Fsp3) is 1.00. The van der Waals surface area contributed by atoms with Gasteiger partial charge in [-0.25, -0.2) is 0 Å². The molecule has 0 aromatic carbocycles. The summed E-state index contributed by atoms with van der Waals surface area (Å²) < 4.78 is 21.7. The molecule has 0 aliphatic carbocycles. The Kier molecular flexibility index (Phi) is 13.2. The lowest BCUT2D eigenvalue weighted by molar-refractivity contribution is 0.0146. The van der Waals surface area contributed by atoms with Crippen LogP contribution in [0.2, 0.25) is 0 Å². The van der Waals surface area contributed by atoms with E-state index in [2.05, 4.69) is 12.2 Å². The van der Waals surface area contributed by atoms with Crippen LogP contribution in [0.4, 0.5) is 0 Å². The van der Waals surface area contributed by atoms with E-state index in [4.69, 9.17) is 18.9 Å². The van der Waals surface area contributed by atoms with Gasteiger partial charge in [0, 0.05) is 26.4 Å². The molecule has 0 aromatic heterocycles. The predicted octanol–water partition coefficient (Wildman–Crippen LogP) is 1.85. The first-order chi connectivity index (χ1) is 10.4. The van der Waals surface area contributed by atoms with Crippen molar-refractivity contribution < 1.29 is 18.9 Å². The third-order valence-electron chi connectivity index (χ3n) is 3.56. The normalized spacial score (nSPS) is 18.4. The van der Waals surface area contributed by atoms with Crippen molar-refractivity contribution in [1.82, 2.24) is 5.32 Å². The fourth-order valence-corrected chi connectivity index (χ4v) is 2.17. The Bertz CT molecular complexity index is 210. The van der Waals surface area contributed by atoms with E-state index in [0.29, 0.717) is 26.4 Å². The minimum Gasteiger partial charge on any atom is -0.381 e. The summed E-state index contributed by atoms with van der Waals surface area (Å²) in [5, 5.41) is 3.40. The van der Waals surface area contributed by atoms with Gasteiger partial charge in [-0.3, -0.25) is 0 Å². The average molecular weight is 303 g/mol. The zero-order chi connectivity index (χ0) is 15.0. The molecule has 1 aliphatic heterocycles. The molecule has 1 rings (SSSR count). The van der Waals surface area contributed by atoms with Gasteiger partial charge in [-0.1, -0.05) is 13.3 Å². The van der Waals surface area contributed by atoms with Crippen LogP contribution in [0.15, 0.2) is 0 Å². The van der Waals surface area contributed by atoms with Crippen LogP contribution in [0.5, 0.6) is 0 Å². The molecule has 1 unspecified atom stereocenters. The summed E-state index contributed by atoms with van der Waals surface area (Å²) in [6, 6.07) is 0. The van der Waals surface area contributed by atoms with Gasteiger partial charge in [0.2, 0.25) is 0 Å². The Balaban J connectivity index is 1.65. The molecule has 0 amide bonds. The SMILES string of the molecule is CCCCOCCOCCOCCNCCC1CCOC1. The van der Waals surface area contributed by atoms with Crippen molar-refractivity contribution in [2.45, 2.75) is 32.6 Å². The fourth-order valence-electron chi connectivity index (χ4n) is 2.17. The lowest BCUT2D eigenvalue weighted by Crippen LogP contribution is -2.23. The Morgan fingerprint density at radius 3 is 2.33 bits per heavy atom. The van der Waals surface area contributed by atoms with E-state index in [1.807, 2.05) is 0 Å². The number of rotatable bonds is 15. The lowest BCUT2D eigenvalue weighted by Gasteiger charge is -2.09. The highest BCUT2D eigenvalue weighted by molar-refractivity contribution is 4.65. The van der Waals surface area contributed by atoms with Crippen LogP contribution in [0.3, 0.4) is 0 Å². The Morgan fingerprint density at radius 1 is 0.952 bits per heavy atom. The van der Waals surface area contributed by atoms with Crippen LogP contribution in [0.1, 0.15) is 32.6 Å². The molecule has 5 nitrogen and oxygen atoms in total. The maximum Gasteiger partial charge on any atom is 0.0701 e. The molecule has 0 bridgehead atoms. The van der Waals surface area contributed by atoms with Crippen LogP contribution in [-0.2, 0) is 18.9 Å². The van der Waals surface area contributed by atoms with Crippen molar-refractivity contribution >= 4 is 0 Å². The molecule has 0 aromatic rings. The van der Waals surface area contributed by atoms with Crippen LogP contribution < -0.4 is 5.32 Å². The number of nitrogens with one attached hydrogen (secondary N) is 1. The maximum atomic E-state index is 5.50. The van der Waals surface area contributed by atoms with Gasteiger partial charge in [0.05, 0.1) is 33.0 Å². The Morgan fingerprint density at radius 2 is 1.67 bits per heavy atom. The quantitative estimate of drug-likeness (QED) is 0.468. The Labute approximate surface area is 129 Å². The zero-order valence-electron chi connectivity index (χ0n) is 13.6. The Hall–Kier alpha value is -0.200.